The van der Waals surface area contributed by atoms with Crippen LogP contribution in [0.15, 0.2) is 24.3 Å². The molecule has 0 fully saturated rings. The molecule has 110 valence electrons. The van der Waals surface area contributed by atoms with Crippen molar-refractivity contribution in [3.8, 4) is 5.75 Å². The number of alkyl halides is 1. The Kier molecular flexibility index (Phi) is 7.50. The summed E-state index contributed by atoms with van der Waals surface area (Å²) in [6.07, 6.45) is 1.30. The molecule has 2 N–H and O–H groups in total. The maximum Gasteiger partial charge on any atom is 0.309 e. The van der Waals surface area contributed by atoms with Gasteiger partial charge in [0.05, 0.1) is 7.11 Å². The number of nitrogens with one attached hydrogen (secondary N) is 2. The average molecular weight is 299 g/mol. The first kappa shape index (κ1) is 16.3. The van der Waals surface area contributed by atoms with Crippen LogP contribution in [0.2, 0.25) is 0 Å². The largest absolute Gasteiger partial charge is 0.497 e. The molecule has 0 saturated heterocycles. The van der Waals surface area contributed by atoms with Gasteiger partial charge < -0.3 is 15.4 Å². The molecule has 0 aliphatic heterocycles. The summed E-state index contributed by atoms with van der Waals surface area (Å²) < 4.78 is 5.06. The highest BCUT2D eigenvalue weighted by atomic mass is 35.5. The van der Waals surface area contributed by atoms with Crippen LogP contribution in [0.3, 0.4) is 0 Å². The molecule has 0 heterocycles. The molecule has 0 aliphatic carbocycles. The molecule has 6 heteroatoms. The summed E-state index contributed by atoms with van der Waals surface area (Å²) in [6.45, 7) is 0.822. The van der Waals surface area contributed by atoms with E-state index in [9.17, 15) is 9.59 Å². The molecule has 2 amide bonds. The SMILES string of the molecule is COc1ccc(CCNC(=O)C(=O)NCCCCl)cc1. The normalized spacial score (nSPS) is 9.90. The molecule has 0 aromatic heterocycles. The Morgan fingerprint density at radius 2 is 1.70 bits per heavy atom. The van der Waals surface area contributed by atoms with Crippen LogP contribution in [0.25, 0.3) is 0 Å². The number of ether oxygens (including phenoxy) is 1. The van der Waals surface area contributed by atoms with Gasteiger partial charge in [-0.1, -0.05) is 12.1 Å². The van der Waals surface area contributed by atoms with Crippen molar-refractivity contribution in [2.24, 2.45) is 0 Å². The van der Waals surface area contributed by atoms with Crippen LogP contribution in [0.1, 0.15) is 12.0 Å². The molecule has 0 saturated carbocycles. The number of hydrogen-bond donors (Lipinski definition) is 2. The van der Waals surface area contributed by atoms with Crippen LogP contribution in [0, 0.1) is 0 Å². The minimum Gasteiger partial charge on any atom is -0.497 e. The van der Waals surface area contributed by atoms with E-state index in [-0.39, 0.29) is 0 Å². The topological polar surface area (TPSA) is 67.4 Å². The lowest BCUT2D eigenvalue weighted by Crippen LogP contribution is -2.41. The van der Waals surface area contributed by atoms with Crippen LogP contribution in [0.5, 0.6) is 5.75 Å². The van der Waals surface area contributed by atoms with Gasteiger partial charge >= 0.3 is 11.8 Å². The van der Waals surface area contributed by atoms with E-state index in [1.54, 1.807) is 7.11 Å². The molecule has 0 bridgehead atoms. The van der Waals surface area contributed by atoms with Crippen molar-refractivity contribution in [2.45, 2.75) is 12.8 Å². The van der Waals surface area contributed by atoms with Gasteiger partial charge in [0, 0.05) is 19.0 Å². The summed E-state index contributed by atoms with van der Waals surface area (Å²) in [5.74, 6) is 0.00806. The first-order valence-corrected chi connectivity index (χ1v) is 6.95. The number of amides is 2. The summed E-state index contributed by atoms with van der Waals surface area (Å²) >= 11 is 5.48. The lowest BCUT2D eigenvalue weighted by atomic mass is 10.1. The third-order valence-corrected chi connectivity index (χ3v) is 2.93. The third kappa shape index (κ3) is 5.93. The fourth-order valence-corrected chi connectivity index (χ4v) is 1.68. The fourth-order valence-electron chi connectivity index (χ4n) is 1.54. The first-order valence-electron chi connectivity index (χ1n) is 6.42. The van der Waals surface area contributed by atoms with Gasteiger partial charge in [-0.15, -0.1) is 11.6 Å². The molecule has 0 radical (unpaired) electrons. The maximum atomic E-state index is 11.5. The predicted octanol–water partition coefficient (Wildman–Crippen LogP) is 1.10. The Hall–Kier alpha value is -1.75. The van der Waals surface area contributed by atoms with E-state index in [0.717, 1.165) is 11.3 Å². The molecule has 5 nitrogen and oxygen atoms in total. The summed E-state index contributed by atoms with van der Waals surface area (Å²) in [5, 5.41) is 5.07. The Balaban J connectivity index is 2.25. The van der Waals surface area contributed by atoms with Crippen molar-refractivity contribution in [1.82, 2.24) is 10.6 Å². The highest BCUT2D eigenvalue weighted by Gasteiger charge is 2.11. The molecule has 1 aromatic carbocycles. The number of halogens is 1. The minimum atomic E-state index is -0.621. The zero-order valence-corrected chi connectivity index (χ0v) is 12.2. The summed E-state index contributed by atoms with van der Waals surface area (Å²) in [7, 11) is 1.61. The average Bonchev–Trinajstić information content (AvgIpc) is 2.48. The van der Waals surface area contributed by atoms with Gasteiger partial charge in [0.2, 0.25) is 0 Å². The van der Waals surface area contributed by atoms with Crippen molar-refractivity contribution in [3.05, 3.63) is 29.8 Å². The maximum absolute atomic E-state index is 11.5. The van der Waals surface area contributed by atoms with Crippen LogP contribution >= 0.6 is 11.6 Å². The van der Waals surface area contributed by atoms with E-state index in [2.05, 4.69) is 10.6 Å². The van der Waals surface area contributed by atoms with E-state index >= 15 is 0 Å². The van der Waals surface area contributed by atoms with Gasteiger partial charge in [-0.3, -0.25) is 9.59 Å². The summed E-state index contributed by atoms with van der Waals surface area (Å²) in [5.41, 5.74) is 1.06. The summed E-state index contributed by atoms with van der Waals surface area (Å²) in [4.78, 5) is 22.8. The second-order valence-electron chi connectivity index (χ2n) is 4.15. The first-order chi connectivity index (χ1) is 9.67. The zero-order chi connectivity index (χ0) is 14.8. The van der Waals surface area contributed by atoms with Crippen molar-refractivity contribution in [2.75, 3.05) is 26.1 Å². The molecule has 0 atom stereocenters. The quantitative estimate of drug-likeness (QED) is 0.450. The van der Waals surface area contributed by atoms with Crippen molar-refractivity contribution in [1.29, 1.82) is 0 Å². The molecular formula is C14H19ClN2O3. The van der Waals surface area contributed by atoms with E-state index in [4.69, 9.17) is 16.3 Å². The van der Waals surface area contributed by atoms with Crippen molar-refractivity contribution >= 4 is 23.4 Å². The highest BCUT2D eigenvalue weighted by molar-refractivity contribution is 6.35. The Morgan fingerprint density at radius 3 is 2.25 bits per heavy atom. The Labute approximate surface area is 123 Å². The van der Waals surface area contributed by atoms with Gasteiger partial charge in [0.15, 0.2) is 0 Å². The zero-order valence-electron chi connectivity index (χ0n) is 11.4. The monoisotopic (exact) mass is 298 g/mol. The van der Waals surface area contributed by atoms with E-state index < -0.39 is 11.8 Å². The van der Waals surface area contributed by atoms with Gasteiger partial charge in [-0.2, -0.15) is 0 Å². The second-order valence-corrected chi connectivity index (χ2v) is 4.53. The van der Waals surface area contributed by atoms with Crippen LogP contribution in [-0.4, -0.2) is 37.9 Å². The second kappa shape index (κ2) is 9.20. The molecule has 0 unspecified atom stereocenters. The standard InChI is InChI=1S/C14H19ClN2O3/c1-20-12-5-3-11(4-6-12)7-10-17-14(19)13(18)16-9-2-8-15/h3-6H,2,7-10H2,1H3,(H,16,18)(H,17,19). The van der Waals surface area contributed by atoms with E-state index in [1.807, 2.05) is 24.3 Å². The van der Waals surface area contributed by atoms with Gasteiger partial charge in [-0.05, 0) is 30.5 Å². The molecule has 20 heavy (non-hydrogen) atoms. The number of hydrogen-bond acceptors (Lipinski definition) is 3. The fraction of sp³-hybridized carbons (Fsp3) is 0.429. The molecule has 1 aromatic rings. The van der Waals surface area contributed by atoms with Crippen molar-refractivity contribution in [3.63, 3.8) is 0 Å². The van der Waals surface area contributed by atoms with E-state index in [0.29, 0.717) is 31.8 Å². The van der Waals surface area contributed by atoms with Crippen molar-refractivity contribution < 1.29 is 14.3 Å². The smallest absolute Gasteiger partial charge is 0.309 e. The lowest BCUT2D eigenvalue weighted by Gasteiger charge is -2.06. The predicted molar refractivity (Wildman–Crippen MR) is 78.1 cm³/mol. The molecule has 0 spiro atoms. The number of benzene rings is 1. The molecular weight excluding hydrogens is 280 g/mol. The molecule has 0 aliphatic rings. The number of carbonyl (C=O) groups is 2. The van der Waals surface area contributed by atoms with E-state index in [1.165, 1.54) is 0 Å². The third-order valence-electron chi connectivity index (χ3n) is 2.66. The molecule has 1 rings (SSSR count). The number of rotatable bonds is 7. The summed E-state index contributed by atoms with van der Waals surface area (Å²) in [6, 6.07) is 7.56. The van der Waals surface area contributed by atoms with Gasteiger partial charge in [0.1, 0.15) is 5.75 Å². The number of methoxy groups -OCH3 is 1. The Morgan fingerprint density at radius 1 is 1.10 bits per heavy atom. The van der Waals surface area contributed by atoms with Crippen LogP contribution < -0.4 is 15.4 Å². The van der Waals surface area contributed by atoms with Crippen LogP contribution in [0.4, 0.5) is 0 Å². The van der Waals surface area contributed by atoms with Crippen LogP contribution in [-0.2, 0) is 16.0 Å². The number of carbonyl (C=O) groups excluding carboxylic acids is 2. The minimum absolute atomic E-state index is 0.411. The highest BCUT2D eigenvalue weighted by Crippen LogP contribution is 2.11. The van der Waals surface area contributed by atoms with Gasteiger partial charge in [-0.25, -0.2) is 0 Å². The Bertz CT molecular complexity index is 435. The van der Waals surface area contributed by atoms with Gasteiger partial charge in [0.25, 0.3) is 0 Å². The lowest BCUT2D eigenvalue weighted by molar-refractivity contribution is -0.139.